The van der Waals surface area contributed by atoms with Crippen LogP contribution in [-0.2, 0) is 0 Å². The molecule has 68 heavy (non-hydrogen) atoms. The summed E-state index contributed by atoms with van der Waals surface area (Å²) in [5.41, 5.74) is 16.3. The van der Waals surface area contributed by atoms with Gasteiger partial charge in [-0.3, -0.25) is 0 Å². The van der Waals surface area contributed by atoms with Gasteiger partial charge in [-0.15, -0.1) is 0 Å². The topological polar surface area (TPSA) is 56.7 Å². The fraction of sp³-hybridized carbons (Fsp3) is 0. The average Bonchev–Trinajstić information content (AvgIpc) is 3.98. The molecule has 0 aliphatic heterocycles. The van der Waals surface area contributed by atoms with E-state index in [1.165, 1.54) is 5.39 Å². The summed E-state index contributed by atoms with van der Waals surface area (Å²) in [6.07, 6.45) is 0. The van der Waals surface area contributed by atoms with Gasteiger partial charge in [0.25, 0.3) is 0 Å². The first-order valence-corrected chi connectivity index (χ1v) is 22.9. The highest BCUT2D eigenvalue weighted by atomic mass is 16.3. The summed E-state index contributed by atoms with van der Waals surface area (Å²) in [6, 6.07) is 85.2. The van der Waals surface area contributed by atoms with Gasteiger partial charge < -0.3 is 8.98 Å². The van der Waals surface area contributed by atoms with E-state index < -0.39 is 0 Å². The van der Waals surface area contributed by atoms with Gasteiger partial charge in [-0.25, -0.2) is 15.0 Å². The van der Waals surface area contributed by atoms with Crippen LogP contribution in [0.1, 0.15) is 0 Å². The van der Waals surface area contributed by atoms with Crippen molar-refractivity contribution < 1.29 is 4.42 Å². The van der Waals surface area contributed by atoms with Gasteiger partial charge in [-0.2, -0.15) is 0 Å². The lowest BCUT2D eigenvalue weighted by molar-refractivity contribution is 0.669. The first-order valence-electron chi connectivity index (χ1n) is 22.9. The lowest BCUT2D eigenvalue weighted by Gasteiger charge is -2.16. The van der Waals surface area contributed by atoms with Crippen LogP contribution in [0.2, 0.25) is 0 Å². The van der Waals surface area contributed by atoms with Crippen molar-refractivity contribution in [2.45, 2.75) is 0 Å². The molecule has 0 fully saturated rings. The van der Waals surface area contributed by atoms with Crippen LogP contribution in [0.3, 0.4) is 0 Å². The van der Waals surface area contributed by atoms with E-state index in [0.717, 1.165) is 105 Å². The summed E-state index contributed by atoms with van der Waals surface area (Å²) in [4.78, 5) is 15.8. The second kappa shape index (κ2) is 16.4. The number of hydrogen-bond acceptors (Lipinski definition) is 4. The lowest BCUT2D eigenvalue weighted by Crippen LogP contribution is -2.01. The molecule has 0 aliphatic carbocycles. The van der Waals surface area contributed by atoms with Gasteiger partial charge in [0.15, 0.2) is 17.5 Å². The quantitative estimate of drug-likeness (QED) is 0.153. The van der Waals surface area contributed by atoms with Gasteiger partial charge >= 0.3 is 0 Å². The van der Waals surface area contributed by atoms with E-state index in [-0.39, 0.29) is 0 Å². The summed E-state index contributed by atoms with van der Waals surface area (Å²) in [6.45, 7) is 0. The van der Waals surface area contributed by atoms with Crippen molar-refractivity contribution >= 4 is 43.7 Å². The maximum absolute atomic E-state index is 6.86. The molecule has 0 saturated heterocycles. The number of rotatable bonds is 8. The van der Waals surface area contributed by atoms with Crippen LogP contribution in [0.5, 0.6) is 0 Å². The molecule has 3 heterocycles. The van der Waals surface area contributed by atoms with Crippen LogP contribution in [0.4, 0.5) is 0 Å². The van der Waals surface area contributed by atoms with Crippen LogP contribution in [0.15, 0.2) is 247 Å². The number of aromatic nitrogens is 4. The van der Waals surface area contributed by atoms with Gasteiger partial charge in [0, 0.05) is 38.5 Å². The van der Waals surface area contributed by atoms with E-state index in [1.807, 2.05) is 36.4 Å². The van der Waals surface area contributed by atoms with Crippen molar-refractivity contribution in [2.24, 2.45) is 0 Å². The Morgan fingerprint density at radius 2 is 0.809 bits per heavy atom. The zero-order valence-corrected chi connectivity index (χ0v) is 36.8. The number of nitrogens with zero attached hydrogens (tertiary/aromatic N) is 4. The van der Waals surface area contributed by atoms with Crippen LogP contribution in [0, 0.1) is 0 Å². The molecule has 0 unspecified atom stereocenters. The molecular formula is C63H40N4O. The number of para-hydroxylation sites is 2. The number of furan rings is 1. The minimum absolute atomic E-state index is 0.574. The molecule has 0 saturated carbocycles. The van der Waals surface area contributed by atoms with Crippen LogP contribution in [-0.4, -0.2) is 19.5 Å². The smallest absolute Gasteiger partial charge is 0.164 e. The molecular weight excluding hydrogens is 829 g/mol. The molecule has 0 aliphatic rings. The highest BCUT2D eigenvalue weighted by Crippen LogP contribution is 2.46. The molecule has 0 radical (unpaired) electrons. The normalized spacial score (nSPS) is 11.5. The Morgan fingerprint density at radius 1 is 0.294 bits per heavy atom. The van der Waals surface area contributed by atoms with Gasteiger partial charge in [0.2, 0.25) is 0 Å². The summed E-state index contributed by atoms with van der Waals surface area (Å²) in [7, 11) is 0. The van der Waals surface area contributed by atoms with Crippen LogP contribution in [0.25, 0.3) is 128 Å². The average molecular weight is 869 g/mol. The van der Waals surface area contributed by atoms with E-state index >= 15 is 0 Å². The third-order valence-electron chi connectivity index (χ3n) is 13.0. The Hall–Kier alpha value is -9.19. The lowest BCUT2D eigenvalue weighted by atomic mass is 9.89. The monoisotopic (exact) mass is 868 g/mol. The Bertz CT molecular complexity index is 3880. The highest BCUT2D eigenvalue weighted by Gasteiger charge is 2.24. The molecule has 5 nitrogen and oxygen atoms in total. The predicted octanol–water partition coefficient (Wildman–Crippen LogP) is 16.5. The zero-order chi connectivity index (χ0) is 45.0. The van der Waals surface area contributed by atoms with Crippen molar-refractivity contribution in [1.29, 1.82) is 0 Å². The van der Waals surface area contributed by atoms with E-state index in [1.54, 1.807) is 0 Å². The molecule has 13 rings (SSSR count). The van der Waals surface area contributed by atoms with E-state index in [2.05, 4.69) is 211 Å². The molecule has 0 atom stereocenters. The molecule has 0 spiro atoms. The van der Waals surface area contributed by atoms with Gasteiger partial charge in [0.05, 0.1) is 16.4 Å². The fourth-order valence-corrected chi connectivity index (χ4v) is 9.89. The maximum Gasteiger partial charge on any atom is 0.164 e. The molecule has 0 N–H and O–H groups in total. The molecule has 318 valence electrons. The number of fused-ring (bicyclic) bond motifs is 7. The van der Waals surface area contributed by atoms with E-state index in [4.69, 9.17) is 19.4 Å². The van der Waals surface area contributed by atoms with Crippen LogP contribution >= 0.6 is 0 Å². The Balaban J connectivity index is 1.12. The Labute approximate surface area is 392 Å². The maximum atomic E-state index is 6.86. The SMILES string of the molecule is c1ccc(-c2cc(-c3ccccc3)cc(-c3ccc(-c4cccc5oc6ccc7c8ccccc8n(-c8ccccc8)c7c6c45)c(-c4nc(-c5ccccc5)nc(-c5ccccc5)n4)c3)c2)cc1. The largest absolute Gasteiger partial charge is 0.456 e. The first-order chi connectivity index (χ1) is 33.7. The predicted molar refractivity (Wildman–Crippen MR) is 279 cm³/mol. The molecule has 10 aromatic carbocycles. The van der Waals surface area contributed by atoms with E-state index in [9.17, 15) is 0 Å². The highest BCUT2D eigenvalue weighted by molar-refractivity contribution is 6.27. The number of benzene rings is 10. The van der Waals surface area contributed by atoms with E-state index in [0.29, 0.717) is 17.5 Å². The fourth-order valence-electron chi connectivity index (χ4n) is 9.89. The van der Waals surface area contributed by atoms with Crippen molar-refractivity contribution in [3.05, 3.63) is 243 Å². The van der Waals surface area contributed by atoms with Gasteiger partial charge in [0.1, 0.15) is 11.2 Å². The minimum atomic E-state index is 0.574. The second-order valence-electron chi connectivity index (χ2n) is 17.1. The summed E-state index contributed by atoms with van der Waals surface area (Å²) < 4.78 is 9.24. The van der Waals surface area contributed by atoms with Crippen molar-refractivity contribution in [1.82, 2.24) is 19.5 Å². The molecule has 0 amide bonds. The minimum Gasteiger partial charge on any atom is -0.456 e. The standard InChI is InChI=1S/C63H40N4O/c1-6-19-41(20-7-1)46-37-47(42-21-8-2-9-22-42)39-48(38-46)45-33-34-50(54(40-45)63-65-61(43-23-10-3-11-24-43)64-62(66-63)44-25-12-4-13-26-44)52-30-18-32-56-58(52)59-57(68-56)36-35-53-51-29-16-17-31-55(51)67(60(53)59)49-27-14-5-15-28-49/h1-40H. The van der Waals surface area contributed by atoms with Crippen molar-refractivity contribution in [2.75, 3.05) is 0 Å². The third kappa shape index (κ3) is 6.76. The summed E-state index contributed by atoms with van der Waals surface area (Å²) in [5.74, 6) is 1.78. The Morgan fingerprint density at radius 3 is 1.43 bits per heavy atom. The zero-order valence-electron chi connectivity index (χ0n) is 36.8. The summed E-state index contributed by atoms with van der Waals surface area (Å²) >= 11 is 0. The van der Waals surface area contributed by atoms with Crippen LogP contribution < -0.4 is 0 Å². The second-order valence-corrected chi connectivity index (χ2v) is 17.1. The number of hydrogen-bond donors (Lipinski definition) is 0. The van der Waals surface area contributed by atoms with Crippen molar-refractivity contribution in [3.8, 4) is 84.4 Å². The Kier molecular flexibility index (Phi) is 9.43. The molecule has 3 aromatic heterocycles. The van der Waals surface area contributed by atoms with Gasteiger partial charge in [-0.05, 0) is 105 Å². The first kappa shape index (κ1) is 39.2. The summed E-state index contributed by atoms with van der Waals surface area (Å²) in [5, 5.41) is 4.43. The van der Waals surface area contributed by atoms with Crippen molar-refractivity contribution in [3.63, 3.8) is 0 Å². The van der Waals surface area contributed by atoms with Gasteiger partial charge in [-0.1, -0.05) is 182 Å². The molecule has 0 bridgehead atoms. The molecule has 13 aromatic rings. The third-order valence-corrected chi connectivity index (χ3v) is 13.0. The molecule has 5 heteroatoms.